The third-order valence-electron chi connectivity index (χ3n) is 2.88. The SMILES string of the molecule is C=C/C(=C\C=C(C)C)CC1CCNCC1. The number of rotatable bonds is 4. The standard InChI is InChI=1S/C14H23N/c1-4-13(6-5-12(2)3)11-14-7-9-15-10-8-14/h4-6,14-15H,1,7-11H2,2-3H3/b13-6+. The molecule has 0 bridgehead atoms. The summed E-state index contributed by atoms with van der Waals surface area (Å²) in [7, 11) is 0. The molecule has 15 heavy (non-hydrogen) atoms. The number of allylic oxidation sites excluding steroid dienone is 5. The van der Waals surface area contributed by atoms with Crippen LogP contribution < -0.4 is 5.32 Å². The number of piperidine rings is 1. The van der Waals surface area contributed by atoms with Gasteiger partial charge in [0.05, 0.1) is 0 Å². The summed E-state index contributed by atoms with van der Waals surface area (Å²) in [6.07, 6.45) is 10.2. The van der Waals surface area contributed by atoms with Crippen molar-refractivity contribution in [2.45, 2.75) is 33.1 Å². The highest BCUT2D eigenvalue weighted by atomic mass is 14.9. The third-order valence-corrected chi connectivity index (χ3v) is 2.88. The van der Waals surface area contributed by atoms with Crippen molar-refractivity contribution in [3.05, 3.63) is 36.0 Å². The highest BCUT2D eigenvalue weighted by Gasteiger charge is 2.13. The fraction of sp³-hybridized carbons (Fsp3) is 0.571. The minimum atomic E-state index is 0.848. The Hall–Kier alpha value is -0.820. The Bertz CT molecular complexity index is 251. The molecule has 84 valence electrons. The molecule has 1 aliphatic heterocycles. The minimum Gasteiger partial charge on any atom is -0.317 e. The van der Waals surface area contributed by atoms with E-state index in [2.05, 4.69) is 37.9 Å². The Morgan fingerprint density at radius 2 is 1.93 bits per heavy atom. The Morgan fingerprint density at radius 3 is 2.47 bits per heavy atom. The first-order valence-electron chi connectivity index (χ1n) is 5.89. The molecule has 1 aliphatic rings. The van der Waals surface area contributed by atoms with E-state index in [-0.39, 0.29) is 0 Å². The van der Waals surface area contributed by atoms with Crippen LogP contribution in [0.2, 0.25) is 0 Å². The van der Waals surface area contributed by atoms with Gasteiger partial charge in [0, 0.05) is 0 Å². The van der Waals surface area contributed by atoms with E-state index in [4.69, 9.17) is 0 Å². The van der Waals surface area contributed by atoms with Crippen LogP contribution in [0.15, 0.2) is 36.0 Å². The molecule has 0 aromatic heterocycles. The van der Waals surface area contributed by atoms with Gasteiger partial charge in [-0.15, -0.1) is 0 Å². The van der Waals surface area contributed by atoms with Crippen LogP contribution in [0.5, 0.6) is 0 Å². The van der Waals surface area contributed by atoms with Gasteiger partial charge in [0.25, 0.3) is 0 Å². The monoisotopic (exact) mass is 205 g/mol. The summed E-state index contributed by atoms with van der Waals surface area (Å²) in [6, 6.07) is 0. The van der Waals surface area contributed by atoms with Gasteiger partial charge in [-0.1, -0.05) is 30.4 Å². The van der Waals surface area contributed by atoms with E-state index in [1.165, 1.54) is 43.5 Å². The smallest absolute Gasteiger partial charge is 0.00462 e. The van der Waals surface area contributed by atoms with Crippen molar-refractivity contribution in [1.82, 2.24) is 5.32 Å². The van der Waals surface area contributed by atoms with E-state index >= 15 is 0 Å². The van der Waals surface area contributed by atoms with Crippen molar-refractivity contribution in [2.75, 3.05) is 13.1 Å². The highest BCUT2D eigenvalue weighted by Crippen LogP contribution is 2.21. The lowest BCUT2D eigenvalue weighted by atomic mass is 9.90. The molecule has 0 radical (unpaired) electrons. The zero-order valence-electron chi connectivity index (χ0n) is 10.1. The van der Waals surface area contributed by atoms with Crippen LogP contribution in [0.4, 0.5) is 0 Å². The first-order valence-corrected chi connectivity index (χ1v) is 5.89. The largest absolute Gasteiger partial charge is 0.317 e. The minimum absolute atomic E-state index is 0.848. The van der Waals surface area contributed by atoms with E-state index in [1.807, 2.05) is 6.08 Å². The third kappa shape index (κ3) is 4.98. The number of hydrogen-bond acceptors (Lipinski definition) is 1. The van der Waals surface area contributed by atoms with Crippen molar-refractivity contribution >= 4 is 0 Å². The molecule has 1 nitrogen and oxygen atoms in total. The van der Waals surface area contributed by atoms with Crippen LogP contribution in [0.25, 0.3) is 0 Å². The second-order valence-corrected chi connectivity index (χ2v) is 4.59. The molecule has 1 saturated heterocycles. The van der Waals surface area contributed by atoms with Crippen LogP contribution in [0, 0.1) is 5.92 Å². The summed E-state index contributed by atoms with van der Waals surface area (Å²) in [6.45, 7) is 10.5. The molecule has 1 rings (SSSR count). The summed E-state index contributed by atoms with van der Waals surface area (Å²) >= 11 is 0. The lowest BCUT2D eigenvalue weighted by Gasteiger charge is -2.22. The van der Waals surface area contributed by atoms with Crippen molar-refractivity contribution in [3.63, 3.8) is 0 Å². The Kier molecular flexibility index (Phi) is 5.41. The fourth-order valence-electron chi connectivity index (χ4n) is 1.91. The zero-order valence-corrected chi connectivity index (χ0v) is 10.1. The van der Waals surface area contributed by atoms with Gasteiger partial charge < -0.3 is 5.32 Å². The van der Waals surface area contributed by atoms with Gasteiger partial charge in [0.1, 0.15) is 0 Å². The molecule has 0 saturated carbocycles. The average molecular weight is 205 g/mol. The van der Waals surface area contributed by atoms with Crippen LogP contribution in [-0.4, -0.2) is 13.1 Å². The maximum Gasteiger partial charge on any atom is -0.00462 e. The quantitative estimate of drug-likeness (QED) is 0.693. The van der Waals surface area contributed by atoms with Crippen LogP contribution >= 0.6 is 0 Å². The molecule has 1 fully saturated rings. The molecule has 0 amide bonds. The maximum absolute atomic E-state index is 3.89. The van der Waals surface area contributed by atoms with E-state index < -0.39 is 0 Å². The number of hydrogen-bond donors (Lipinski definition) is 1. The van der Waals surface area contributed by atoms with Gasteiger partial charge in [0.2, 0.25) is 0 Å². The van der Waals surface area contributed by atoms with Gasteiger partial charge in [-0.3, -0.25) is 0 Å². The predicted octanol–water partition coefficient (Wildman–Crippen LogP) is 3.45. The second kappa shape index (κ2) is 6.62. The molecular weight excluding hydrogens is 182 g/mol. The molecule has 1 heteroatoms. The topological polar surface area (TPSA) is 12.0 Å². The summed E-state index contributed by atoms with van der Waals surface area (Å²) in [4.78, 5) is 0. The zero-order chi connectivity index (χ0) is 11.1. The lowest BCUT2D eigenvalue weighted by molar-refractivity contribution is 0.374. The normalized spacial score (nSPS) is 18.7. The van der Waals surface area contributed by atoms with Crippen molar-refractivity contribution in [3.8, 4) is 0 Å². The Balaban J connectivity index is 2.48. The van der Waals surface area contributed by atoms with E-state index in [1.54, 1.807) is 0 Å². The molecule has 1 N–H and O–H groups in total. The molecular formula is C14H23N. The summed E-state index contributed by atoms with van der Waals surface area (Å²) in [5.41, 5.74) is 2.72. The summed E-state index contributed by atoms with van der Waals surface area (Å²) in [5, 5.41) is 3.40. The van der Waals surface area contributed by atoms with Crippen LogP contribution in [0.1, 0.15) is 33.1 Å². The molecule has 0 atom stereocenters. The second-order valence-electron chi connectivity index (χ2n) is 4.59. The van der Waals surface area contributed by atoms with Gasteiger partial charge in [-0.25, -0.2) is 0 Å². The van der Waals surface area contributed by atoms with Gasteiger partial charge in [-0.05, 0) is 57.7 Å². The molecule has 0 spiro atoms. The molecule has 0 unspecified atom stereocenters. The molecule has 0 aliphatic carbocycles. The van der Waals surface area contributed by atoms with E-state index in [9.17, 15) is 0 Å². The summed E-state index contributed by atoms with van der Waals surface area (Å²) < 4.78 is 0. The highest BCUT2D eigenvalue weighted by molar-refractivity contribution is 5.24. The predicted molar refractivity (Wildman–Crippen MR) is 67.9 cm³/mol. The lowest BCUT2D eigenvalue weighted by Crippen LogP contribution is -2.27. The van der Waals surface area contributed by atoms with Crippen LogP contribution in [-0.2, 0) is 0 Å². The fourth-order valence-corrected chi connectivity index (χ4v) is 1.91. The van der Waals surface area contributed by atoms with E-state index in [0.29, 0.717) is 0 Å². The first kappa shape index (κ1) is 12.3. The van der Waals surface area contributed by atoms with Crippen molar-refractivity contribution in [1.29, 1.82) is 0 Å². The Labute approximate surface area is 94.0 Å². The van der Waals surface area contributed by atoms with Gasteiger partial charge in [-0.2, -0.15) is 0 Å². The van der Waals surface area contributed by atoms with Crippen LogP contribution in [0.3, 0.4) is 0 Å². The Morgan fingerprint density at radius 1 is 1.27 bits per heavy atom. The van der Waals surface area contributed by atoms with E-state index in [0.717, 1.165) is 5.92 Å². The molecule has 0 aromatic carbocycles. The molecule has 0 aromatic rings. The van der Waals surface area contributed by atoms with Crippen molar-refractivity contribution in [2.24, 2.45) is 5.92 Å². The average Bonchev–Trinajstić information content (AvgIpc) is 2.25. The van der Waals surface area contributed by atoms with Gasteiger partial charge >= 0.3 is 0 Å². The summed E-state index contributed by atoms with van der Waals surface area (Å²) in [5.74, 6) is 0.848. The van der Waals surface area contributed by atoms with Gasteiger partial charge in [0.15, 0.2) is 0 Å². The first-order chi connectivity index (χ1) is 7.22. The number of nitrogens with one attached hydrogen (secondary N) is 1. The molecule has 1 heterocycles. The maximum atomic E-state index is 3.89. The van der Waals surface area contributed by atoms with Crippen molar-refractivity contribution < 1.29 is 0 Å².